The Hall–Kier alpha value is -1.15. The van der Waals surface area contributed by atoms with Crippen molar-refractivity contribution < 1.29 is 23.1 Å². The summed E-state index contributed by atoms with van der Waals surface area (Å²) >= 11 is 0. The van der Waals surface area contributed by atoms with Crippen molar-refractivity contribution in [3.8, 4) is 0 Å². The maximum Gasteiger partial charge on any atom is 0.309 e. The predicted octanol–water partition coefficient (Wildman–Crippen LogP) is 1.29. The number of fused-ring (bicyclic) bond motifs is 2. The molecule has 1 aliphatic heterocycles. The topological polar surface area (TPSA) is 95.0 Å². The van der Waals surface area contributed by atoms with Gasteiger partial charge in [-0.25, -0.2) is 8.42 Å². The monoisotopic (exact) mass is 372 g/mol. The lowest BCUT2D eigenvalue weighted by atomic mass is 9.81. The van der Waals surface area contributed by atoms with E-state index in [0.717, 1.165) is 0 Å². The van der Waals surface area contributed by atoms with Crippen LogP contribution in [0.25, 0.3) is 0 Å². The molecule has 1 amide bonds. The van der Waals surface area contributed by atoms with Gasteiger partial charge in [0.05, 0.1) is 17.1 Å². The van der Waals surface area contributed by atoms with Crippen LogP contribution in [0.15, 0.2) is 0 Å². The molecule has 0 aromatic rings. The number of nitrogens with zero attached hydrogens (tertiary/aromatic N) is 2. The summed E-state index contributed by atoms with van der Waals surface area (Å²) in [5, 5.41) is 9.51. The summed E-state index contributed by atoms with van der Waals surface area (Å²) < 4.78 is 25.3. The molecule has 0 atom stereocenters. The summed E-state index contributed by atoms with van der Waals surface area (Å²) in [5.41, 5.74) is -1.18. The van der Waals surface area contributed by atoms with Crippen LogP contribution in [0.4, 0.5) is 0 Å². The number of amides is 1. The molecule has 1 saturated heterocycles. The molecule has 1 N–H and O–H groups in total. The van der Waals surface area contributed by atoms with Crippen LogP contribution in [-0.4, -0.2) is 66.5 Å². The van der Waals surface area contributed by atoms with Crippen molar-refractivity contribution in [2.75, 3.05) is 25.9 Å². The summed E-state index contributed by atoms with van der Waals surface area (Å²) in [7, 11) is -3.23. The SMILES string of the molecule is CCN(C1CCN(C(=O)C23CCC(C(=O)O)(CC2)C3)CC1)S(C)(=O)=O. The molecule has 0 aromatic heterocycles. The number of sulfonamides is 1. The Kier molecular flexibility index (Phi) is 4.64. The Morgan fingerprint density at radius 1 is 1.12 bits per heavy atom. The van der Waals surface area contributed by atoms with E-state index in [1.165, 1.54) is 10.6 Å². The van der Waals surface area contributed by atoms with E-state index in [9.17, 15) is 23.1 Å². The van der Waals surface area contributed by atoms with Crippen molar-refractivity contribution in [3.63, 3.8) is 0 Å². The van der Waals surface area contributed by atoms with E-state index in [2.05, 4.69) is 0 Å². The first-order chi connectivity index (χ1) is 11.6. The molecule has 0 aromatic carbocycles. The molecule has 2 bridgehead atoms. The van der Waals surface area contributed by atoms with Gasteiger partial charge in [0.25, 0.3) is 0 Å². The number of aliphatic carboxylic acids is 1. The third-order valence-corrected chi connectivity index (χ3v) is 8.05. The van der Waals surface area contributed by atoms with Gasteiger partial charge >= 0.3 is 5.97 Å². The largest absolute Gasteiger partial charge is 0.481 e. The zero-order chi connectivity index (χ0) is 18.5. The minimum absolute atomic E-state index is 0.0492. The molecule has 142 valence electrons. The summed E-state index contributed by atoms with van der Waals surface area (Å²) in [6, 6.07) is -0.0492. The lowest BCUT2D eigenvalue weighted by molar-refractivity contribution is -0.148. The quantitative estimate of drug-likeness (QED) is 0.785. The predicted molar refractivity (Wildman–Crippen MR) is 92.4 cm³/mol. The highest BCUT2D eigenvalue weighted by molar-refractivity contribution is 7.88. The first-order valence-corrected chi connectivity index (χ1v) is 11.0. The molecular formula is C17H28N2O5S. The molecule has 2 aliphatic carbocycles. The van der Waals surface area contributed by atoms with Crippen LogP contribution in [0.2, 0.25) is 0 Å². The number of likely N-dealkylation sites (tertiary alicyclic amines) is 1. The normalized spacial score (nSPS) is 33.2. The number of piperidine rings is 1. The average Bonchev–Trinajstić information content (AvgIpc) is 3.13. The first kappa shape index (κ1) is 18.6. The second-order valence-electron chi connectivity index (χ2n) is 8.03. The molecule has 0 spiro atoms. The van der Waals surface area contributed by atoms with Crippen molar-refractivity contribution in [1.82, 2.24) is 9.21 Å². The molecular weight excluding hydrogens is 344 g/mol. The van der Waals surface area contributed by atoms with Crippen molar-refractivity contribution >= 4 is 21.9 Å². The lowest BCUT2D eigenvalue weighted by Gasteiger charge is -2.40. The molecule has 2 saturated carbocycles. The molecule has 3 rings (SSSR count). The van der Waals surface area contributed by atoms with Crippen LogP contribution in [-0.2, 0) is 19.6 Å². The van der Waals surface area contributed by atoms with Gasteiger partial charge in [-0.1, -0.05) is 6.92 Å². The highest BCUT2D eigenvalue weighted by atomic mass is 32.2. The van der Waals surface area contributed by atoms with Crippen LogP contribution >= 0.6 is 0 Å². The highest BCUT2D eigenvalue weighted by Gasteiger charge is 2.62. The molecule has 3 aliphatic rings. The standard InChI is InChI=1S/C17H28N2O5S/c1-3-19(25(2,23)24)13-4-10-18(11-5-13)14(20)16-6-8-17(12-16,9-7-16)15(21)22/h13H,3-12H2,1-2H3,(H,21,22). The smallest absolute Gasteiger partial charge is 0.309 e. The van der Waals surface area contributed by atoms with Crippen molar-refractivity contribution in [2.24, 2.45) is 10.8 Å². The number of hydrogen-bond donors (Lipinski definition) is 1. The fourth-order valence-corrected chi connectivity index (χ4v) is 6.46. The Labute approximate surface area is 149 Å². The lowest BCUT2D eigenvalue weighted by Crippen LogP contribution is -2.51. The maximum absolute atomic E-state index is 13.1. The van der Waals surface area contributed by atoms with E-state index in [1.54, 1.807) is 0 Å². The second kappa shape index (κ2) is 6.23. The summed E-state index contributed by atoms with van der Waals surface area (Å²) in [6.45, 7) is 3.39. The van der Waals surface area contributed by atoms with Gasteiger partial charge in [-0.15, -0.1) is 0 Å². The van der Waals surface area contributed by atoms with Crippen molar-refractivity contribution in [1.29, 1.82) is 0 Å². The Morgan fingerprint density at radius 3 is 2.04 bits per heavy atom. The second-order valence-corrected chi connectivity index (χ2v) is 9.97. The van der Waals surface area contributed by atoms with Crippen LogP contribution in [0.5, 0.6) is 0 Å². The molecule has 8 heteroatoms. The van der Waals surface area contributed by atoms with E-state index >= 15 is 0 Å². The van der Waals surface area contributed by atoms with E-state index in [4.69, 9.17) is 0 Å². The van der Waals surface area contributed by atoms with Gasteiger partial charge in [-0.05, 0) is 44.9 Å². The summed E-state index contributed by atoms with van der Waals surface area (Å²) in [4.78, 5) is 26.5. The average molecular weight is 372 g/mol. The number of hydrogen-bond acceptors (Lipinski definition) is 4. The van der Waals surface area contributed by atoms with Crippen molar-refractivity contribution in [2.45, 2.75) is 57.9 Å². The van der Waals surface area contributed by atoms with E-state index in [0.29, 0.717) is 64.6 Å². The zero-order valence-corrected chi connectivity index (χ0v) is 15.8. The van der Waals surface area contributed by atoms with Crippen LogP contribution in [0, 0.1) is 10.8 Å². The summed E-state index contributed by atoms with van der Waals surface area (Å²) in [6.07, 6.45) is 5.53. The Morgan fingerprint density at radius 2 is 1.64 bits per heavy atom. The van der Waals surface area contributed by atoms with Gasteiger partial charge in [0.15, 0.2) is 0 Å². The molecule has 25 heavy (non-hydrogen) atoms. The van der Waals surface area contributed by atoms with Crippen LogP contribution in [0.3, 0.4) is 0 Å². The van der Waals surface area contributed by atoms with Gasteiger partial charge in [-0.3, -0.25) is 9.59 Å². The third kappa shape index (κ3) is 3.07. The number of carbonyl (C=O) groups excluding carboxylic acids is 1. The van der Waals surface area contributed by atoms with Crippen molar-refractivity contribution in [3.05, 3.63) is 0 Å². The molecule has 0 unspecified atom stereocenters. The van der Waals surface area contributed by atoms with Gasteiger partial charge in [0.1, 0.15) is 0 Å². The third-order valence-electron chi connectivity index (χ3n) is 6.64. The number of rotatable bonds is 5. The minimum atomic E-state index is -3.23. The van der Waals surface area contributed by atoms with Gasteiger partial charge in [0, 0.05) is 25.7 Å². The first-order valence-electron chi connectivity index (χ1n) is 9.13. The fraction of sp³-hybridized carbons (Fsp3) is 0.882. The molecule has 1 heterocycles. The maximum atomic E-state index is 13.1. The van der Waals surface area contributed by atoms with Gasteiger partial charge in [-0.2, -0.15) is 4.31 Å². The number of carboxylic acids is 1. The molecule has 0 radical (unpaired) electrons. The van der Waals surface area contributed by atoms with E-state index < -0.39 is 26.8 Å². The number of carboxylic acid groups (broad SMARTS) is 1. The highest BCUT2D eigenvalue weighted by Crippen LogP contribution is 2.62. The fourth-order valence-electron chi connectivity index (χ4n) is 5.24. The van der Waals surface area contributed by atoms with Crippen LogP contribution < -0.4 is 0 Å². The summed E-state index contributed by atoms with van der Waals surface area (Å²) in [5.74, 6) is -0.667. The zero-order valence-electron chi connectivity index (χ0n) is 15.0. The Balaban J connectivity index is 1.64. The van der Waals surface area contributed by atoms with Crippen LogP contribution in [0.1, 0.15) is 51.9 Å². The minimum Gasteiger partial charge on any atom is -0.481 e. The van der Waals surface area contributed by atoms with E-state index in [1.807, 2.05) is 11.8 Å². The van der Waals surface area contributed by atoms with Gasteiger partial charge < -0.3 is 10.0 Å². The van der Waals surface area contributed by atoms with Gasteiger partial charge in [0.2, 0.25) is 15.9 Å². The Bertz CT molecular complexity index is 659. The number of carbonyl (C=O) groups is 2. The van der Waals surface area contributed by atoms with E-state index in [-0.39, 0.29) is 11.9 Å². The molecule has 3 fully saturated rings. The molecule has 7 nitrogen and oxygen atoms in total.